The molecule has 1 unspecified atom stereocenters. The van der Waals surface area contributed by atoms with Crippen molar-refractivity contribution < 1.29 is 4.79 Å². The molecule has 0 spiro atoms. The predicted molar refractivity (Wildman–Crippen MR) is 77.0 cm³/mol. The molecule has 1 atom stereocenters. The van der Waals surface area contributed by atoms with Crippen LogP contribution in [0.1, 0.15) is 33.6 Å². The van der Waals surface area contributed by atoms with E-state index >= 15 is 0 Å². The summed E-state index contributed by atoms with van der Waals surface area (Å²) in [6.07, 6.45) is 1.91. The van der Waals surface area contributed by atoms with Crippen molar-refractivity contribution in [1.82, 2.24) is 5.32 Å². The van der Waals surface area contributed by atoms with E-state index in [1.54, 1.807) is 12.1 Å². The van der Waals surface area contributed by atoms with Gasteiger partial charge in [-0.1, -0.05) is 25.4 Å². The van der Waals surface area contributed by atoms with Gasteiger partial charge in [0.25, 0.3) is 0 Å². The van der Waals surface area contributed by atoms with Gasteiger partial charge in [-0.25, -0.2) is 0 Å². The first-order valence-electron chi connectivity index (χ1n) is 6.39. The lowest BCUT2D eigenvalue weighted by Gasteiger charge is -2.20. The largest absolute Gasteiger partial charge is 0.374 e. The van der Waals surface area contributed by atoms with Gasteiger partial charge in [0.05, 0.1) is 0 Å². The molecule has 0 bridgehead atoms. The Labute approximate surface area is 114 Å². The normalized spacial score (nSPS) is 12.3. The minimum absolute atomic E-state index is 0.0265. The van der Waals surface area contributed by atoms with Gasteiger partial charge >= 0.3 is 0 Å². The average molecular weight is 269 g/mol. The van der Waals surface area contributed by atoms with Crippen LogP contribution in [-0.2, 0) is 4.79 Å². The Morgan fingerprint density at radius 2 is 1.78 bits per heavy atom. The first-order chi connectivity index (χ1) is 8.56. The molecule has 1 rings (SSSR count). The summed E-state index contributed by atoms with van der Waals surface area (Å²) < 4.78 is 0. The van der Waals surface area contributed by atoms with Gasteiger partial charge in [-0.15, -0.1) is 0 Å². The molecule has 3 nitrogen and oxygen atoms in total. The summed E-state index contributed by atoms with van der Waals surface area (Å²) in [6.45, 7) is 6.00. The van der Waals surface area contributed by atoms with Crippen LogP contribution in [0.15, 0.2) is 24.3 Å². The smallest absolute Gasteiger partial charge is 0.242 e. The summed E-state index contributed by atoms with van der Waals surface area (Å²) in [5, 5.41) is 6.86. The predicted octanol–water partition coefficient (Wildman–Crippen LogP) is 3.45. The van der Waals surface area contributed by atoms with Gasteiger partial charge in [0.2, 0.25) is 5.91 Å². The van der Waals surface area contributed by atoms with Gasteiger partial charge in [-0.05, 0) is 44.0 Å². The van der Waals surface area contributed by atoms with Crippen LogP contribution < -0.4 is 10.6 Å². The monoisotopic (exact) mass is 268 g/mol. The van der Waals surface area contributed by atoms with Gasteiger partial charge in [0.15, 0.2) is 0 Å². The molecule has 0 radical (unpaired) electrons. The summed E-state index contributed by atoms with van der Waals surface area (Å²) in [5.74, 6) is 0.0265. The summed E-state index contributed by atoms with van der Waals surface area (Å²) in [5.41, 5.74) is 0.895. The highest BCUT2D eigenvalue weighted by molar-refractivity contribution is 6.30. The maximum absolute atomic E-state index is 11.9. The van der Waals surface area contributed by atoms with Crippen molar-refractivity contribution in [2.24, 2.45) is 0 Å². The molecule has 1 aromatic rings. The molecule has 0 aliphatic carbocycles. The summed E-state index contributed by atoms with van der Waals surface area (Å²) in [6, 6.07) is 7.33. The molecule has 0 saturated heterocycles. The minimum Gasteiger partial charge on any atom is -0.374 e. The van der Waals surface area contributed by atoms with Crippen LogP contribution in [0.4, 0.5) is 5.69 Å². The lowest BCUT2D eigenvalue weighted by atomic mass is 10.1. The van der Waals surface area contributed by atoms with E-state index in [9.17, 15) is 4.79 Å². The van der Waals surface area contributed by atoms with Crippen LogP contribution in [0.2, 0.25) is 5.02 Å². The summed E-state index contributed by atoms with van der Waals surface area (Å²) in [7, 11) is 0. The van der Waals surface area contributed by atoms with Crippen molar-refractivity contribution in [3.05, 3.63) is 29.3 Å². The second-order valence-corrected chi connectivity index (χ2v) is 4.83. The zero-order chi connectivity index (χ0) is 13.5. The van der Waals surface area contributed by atoms with Crippen molar-refractivity contribution in [2.45, 2.75) is 45.7 Å². The van der Waals surface area contributed by atoms with Crippen molar-refractivity contribution >= 4 is 23.2 Å². The van der Waals surface area contributed by atoms with E-state index in [0.717, 1.165) is 18.5 Å². The highest BCUT2D eigenvalue weighted by Crippen LogP contribution is 2.14. The van der Waals surface area contributed by atoms with Crippen LogP contribution in [0.5, 0.6) is 0 Å². The maximum Gasteiger partial charge on any atom is 0.242 e. The van der Waals surface area contributed by atoms with E-state index in [1.807, 2.05) is 19.1 Å². The third-order valence-electron chi connectivity index (χ3n) is 2.95. The Balaban J connectivity index is 2.51. The number of halogens is 1. The lowest BCUT2D eigenvalue weighted by Crippen LogP contribution is -2.42. The molecule has 100 valence electrons. The fourth-order valence-electron chi connectivity index (χ4n) is 1.68. The molecule has 0 aliphatic rings. The van der Waals surface area contributed by atoms with Crippen molar-refractivity contribution in [3.63, 3.8) is 0 Å². The molecule has 2 N–H and O–H groups in total. The molecule has 0 aromatic heterocycles. The number of nitrogens with one attached hydrogen (secondary N) is 2. The number of hydrogen-bond acceptors (Lipinski definition) is 2. The van der Waals surface area contributed by atoms with E-state index in [2.05, 4.69) is 24.5 Å². The van der Waals surface area contributed by atoms with Gasteiger partial charge in [-0.2, -0.15) is 0 Å². The quantitative estimate of drug-likeness (QED) is 0.830. The van der Waals surface area contributed by atoms with Crippen LogP contribution in [-0.4, -0.2) is 18.0 Å². The molecule has 4 heteroatoms. The molecule has 0 heterocycles. The van der Waals surface area contributed by atoms with E-state index in [0.29, 0.717) is 5.02 Å². The fourth-order valence-corrected chi connectivity index (χ4v) is 1.81. The molecular weight excluding hydrogens is 248 g/mol. The number of carbonyl (C=O) groups is 1. The Bertz CT molecular complexity index is 374. The number of rotatable bonds is 6. The molecule has 0 aliphatic heterocycles. The van der Waals surface area contributed by atoms with Gasteiger partial charge in [0, 0.05) is 16.8 Å². The van der Waals surface area contributed by atoms with E-state index in [-0.39, 0.29) is 18.0 Å². The number of carbonyl (C=O) groups excluding carboxylic acids is 1. The zero-order valence-corrected chi connectivity index (χ0v) is 11.9. The standard InChI is InChI=1S/C14H21ClN2O/c1-4-12(5-2)17-14(18)10(3)16-13-8-6-11(15)7-9-13/h6-10,12,16H,4-5H2,1-3H3,(H,17,18). The molecule has 0 fully saturated rings. The number of hydrogen-bond donors (Lipinski definition) is 2. The maximum atomic E-state index is 11.9. The first kappa shape index (κ1) is 14.8. The van der Waals surface area contributed by atoms with Crippen LogP contribution in [0, 0.1) is 0 Å². The van der Waals surface area contributed by atoms with Crippen LogP contribution in [0.3, 0.4) is 0 Å². The highest BCUT2D eigenvalue weighted by atomic mass is 35.5. The van der Waals surface area contributed by atoms with Crippen molar-refractivity contribution in [3.8, 4) is 0 Å². The first-order valence-corrected chi connectivity index (χ1v) is 6.77. The lowest BCUT2D eigenvalue weighted by molar-refractivity contribution is -0.122. The third-order valence-corrected chi connectivity index (χ3v) is 3.20. The van der Waals surface area contributed by atoms with Crippen LogP contribution >= 0.6 is 11.6 Å². The van der Waals surface area contributed by atoms with Gasteiger partial charge < -0.3 is 10.6 Å². The van der Waals surface area contributed by atoms with Crippen molar-refractivity contribution in [2.75, 3.05) is 5.32 Å². The molecule has 18 heavy (non-hydrogen) atoms. The molecule has 1 amide bonds. The topological polar surface area (TPSA) is 41.1 Å². The summed E-state index contributed by atoms with van der Waals surface area (Å²) in [4.78, 5) is 11.9. The number of amides is 1. The fraction of sp³-hybridized carbons (Fsp3) is 0.500. The second kappa shape index (κ2) is 7.27. The SMILES string of the molecule is CCC(CC)NC(=O)C(C)Nc1ccc(Cl)cc1. The Morgan fingerprint density at radius 1 is 1.22 bits per heavy atom. The molecule has 0 saturated carbocycles. The van der Waals surface area contributed by atoms with E-state index in [1.165, 1.54) is 0 Å². The van der Waals surface area contributed by atoms with E-state index in [4.69, 9.17) is 11.6 Å². The number of anilines is 1. The third kappa shape index (κ3) is 4.57. The van der Waals surface area contributed by atoms with Crippen molar-refractivity contribution in [1.29, 1.82) is 0 Å². The highest BCUT2D eigenvalue weighted by Gasteiger charge is 2.15. The Kier molecular flexibility index (Phi) is 5.99. The second-order valence-electron chi connectivity index (χ2n) is 4.39. The number of benzene rings is 1. The Morgan fingerprint density at radius 3 is 2.28 bits per heavy atom. The Hall–Kier alpha value is -1.22. The summed E-state index contributed by atoms with van der Waals surface area (Å²) >= 11 is 5.81. The molecular formula is C14H21ClN2O. The van der Waals surface area contributed by atoms with E-state index < -0.39 is 0 Å². The molecule has 1 aromatic carbocycles. The minimum atomic E-state index is -0.258. The van der Waals surface area contributed by atoms with Gasteiger partial charge in [0.1, 0.15) is 6.04 Å². The zero-order valence-electron chi connectivity index (χ0n) is 11.2. The van der Waals surface area contributed by atoms with Crippen LogP contribution in [0.25, 0.3) is 0 Å². The van der Waals surface area contributed by atoms with Gasteiger partial charge in [-0.3, -0.25) is 4.79 Å². The average Bonchev–Trinajstić information content (AvgIpc) is 2.38.